The van der Waals surface area contributed by atoms with Crippen LogP contribution in [-0.2, 0) is 28.6 Å². The standard InChI is InChI=1S/C70H114O6/c1-4-7-10-13-16-19-22-25-28-31-34-35-37-39-42-45-48-51-54-57-60-63-69(72)75-66-67(65-74-68(71)62-59-56-53-50-47-44-41-38-33-30-27-24-21-18-15-12-9-6-3)76-70(73)64-61-58-55-52-49-46-43-40-36-32-29-26-23-20-17-14-11-8-5-2/h7-8,10-11,16-17,19-20,25-26,28-29,34-36,39-40,42,46,48-49,51,67H,4-6,9,12-15,18,21-24,27,30-33,37-38,41,43-45,47,50,52-66H2,1-3H3/b10-7-,11-8-,19-16-,20-17-,28-25-,29-26-,35-34-,40-36-,42-39-,49-46-,51-48-. The lowest BCUT2D eigenvalue weighted by Crippen LogP contribution is -2.30. The first-order valence-corrected chi connectivity index (χ1v) is 31.2. The number of hydrogen-bond acceptors (Lipinski definition) is 6. The fourth-order valence-electron chi connectivity index (χ4n) is 8.30. The molecule has 0 aromatic carbocycles. The van der Waals surface area contributed by atoms with Crippen molar-refractivity contribution in [1.82, 2.24) is 0 Å². The van der Waals surface area contributed by atoms with Crippen molar-refractivity contribution in [3.63, 3.8) is 0 Å². The maximum atomic E-state index is 12.9. The summed E-state index contributed by atoms with van der Waals surface area (Å²) in [4.78, 5) is 38.3. The van der Waals surface area contributed by atoms with Gasteiger partial charge in [-0.15, -0.1) is 0 Å². The van der Waals surface area contributed by atoms with Crippen LogP contribution in [0.3, 0.4) is 0 Å². The number of hydrogen-bond donors (Lipinski definition) is 0. The van der Waals surface area contributed by atoms with Crippen molar-refractivity contribution >= 4 is 17.9 Å². The van der Waals surface area contributed by atoms with E-state index in [4.69, 9.17) is 14.2 Å². The monoisotopic (exact) mass is 1050 g/mol. The van der Waals surface area contributed by atoms with E-state index >= 15 is 0 Å². The summed E-state index contributed by atoms with van der Waals surface area (Å²) in [5, 5.41) is 0. The first-order valence-electron chi connectivity index (χ1n) is 31.2. The Kier molecular flexibility index (Phi) is 59.4. The topological polar surface area (TPSA) is 78.9 Å². The van der Waals surface area contributed by atoms with Gasteiger partial charge >= 0.3 is 17.9 Å². The predicted molar refractivity (Wildman–Crippen MR) is 329 cm³/mol. The van der Waals surface area contributed by atoms with Crippen LogP contribution >= 0.6 is 0 Å². The second-order valence-corrected chi connectivity index (χ2v) is 20.2. The van der Waals surface area contributed by atoms with Crippen molar-refractivity contribution in [3.8, 4) is 0 Å². The second kappa shape index (κ2) is 63.1. The molecule has 0 N–H and O–H groups in total. The summed E-state index contributed by atoms with van der Waals surface area (Å²) in [5.41, 5.74) is 0. The van der Waals surface area contributed by atoms with E-state index < -0.39 is 6.10 Å². The zero-order chi connectivity index (χ0) is 55.0. The number of unbranched alkanes of at least 4 members (excludes halogenated alkanes) is 22. The van der Waals surface area contributed by atoms with Crippen LogP contribution in [0.1, 0.15) is 271 Å². The van der Waals surface area contributed by atoms with E-state index in [0.29, 0.717) is 25.7 Å². The molecule has 0 aliphatic rings. The van der Waals surface area contributed by atoms with Gasteiger partial charge in [0.2, 0.25) is 0 Å². The van der Waals surface area contributed by atoms with Crippen LogP contribution in [0.25, 0.3) is 0 Å². The molecular formula is C70H114O6. The predicted octanol–water partition coefficient (Wildman–Crippen LogP) is 21.4. The number of esters is 3. The van der Waals surface area contributed by atoms with E-state index in [2.05, 4.69) is 154 Å². The van der Waals surface area contributed by atoms with Crippen molar-refractivity contribution < 1.29 is 28.6 Å². The highest BCUT2D eigenvalue weighted by Gasteiger charge is 2.19. The Balaban J connectivity index is 4.53. The molecule has 0 aromatic rings. The maximum Gasteiger partial charge on any atom is 0.306 e. The molecule has 0 fully saturated rings. The Morgan fingerprint density at radius 1 is 0.276 bits per heavy atom. The number of carbonyl (C=O) groups is 3. The molecule has 430 valence electrons. The van der Waals surface area contributed by atoms with E-state index in [9.17, 15) is 14.4 Å². The van der Waals surface area contributed by atoms with Gasteiger partial charge in [-0.2, -0.15) is 0 Å². The lowest BCUT2D eigenvalue weighted by atomic mass is 10.0. The fraction of sp³-hybridized carbons (Fsp3) is 0.643. The van der Waals surface area contributed by atoms with Gasteiger partial charge in [-0.25, -0.2) is 0 Å². The summed E-state index contributed by atoms with van der Waals surface area (Å²) in [7, 11) is 0. The summed E-state index contributed by atoms with van der Waals surface area (Å²) in [5.74, 6) is -0.982. The Bertz CT molecular complexity index is 1630. The van der Waals surface area contributed by atoms with Crippen molar-refractivity contribution in [3.05, 3.63) is 134 Å². The van der Waals surface area contributed by atoms with Gasteiger partial charge in [0.25, 0.3) is 0 Å². The van der Waals surface area contributed by atoms with E-state index in [-0.39, 0.29) is 37.5 Å². The third-order valence-electron chi connectivity index (χ3n) is 12.9. The van der Waals surface area contributed by atoms with E-state index in [1.54, 1.807) is 0 Å². The lowest BCUT2D eigenvalue weighted by Gasteiger charge is -2.18. The molecule has 0 aromatic heterocycles. The first kappa shape index (κ1) is 71.5. The normalized spacial score (nSPS) is 13.0. The summed E-state index contributed by atoms with van der Waals surface area (Å²) in [6.45, 7) is 6.36. The highest BCUT2D eigenvalue weighted by atomic mass is 16.6. The zero-order valence-electron chi connectivity index (χ0n) is 49.2. The molecule has 1 unspecified atom stereocenters. The van der Waals surface area contributed by atoms with Crippen LogP contribution in [0.5, 0.6) is 0 Å². The summed E-state index contributed by atoms with van der Waals surface area (Å²) >= 11 is 0. The van der Waals surface area contributed by atoms with Gasteiger partial charge in [0.15, 0.2) is 6.10 Å². The second-order valence-electron chi connectivity index (χ2n) is 20.2. The van der Waals surface area contributed by atoms with Crippen LogP contribution in [0.15, 0.2) is 134 Å². The lowest BCUT2D eigenvalue weighted by molar-refractivity contribution is -0.167. The molecule has 0 rings (SSSR count). The van der Waals surface area contributed by atoms with Crippen LogP contribution < -0.4 is 0 Å². The van der Waals surface area contributed by atoms with Gasteiger partial charge in [0, 0.05) is 19.3 Å². The largest absolute Gasteiger partial charge is 0.462 e. The smallest absolute Gasteiger partial charge is 0.306 e. The van der Waals surface area contributed by atoms with Crippen molar-refractivity contribution in [2.24, 2.45) is 0 Å². The van der Waals surface area contributed by atoms with E-state index in [1.165, 1.54) is 96.3 Å². The summed E-state index contributed by atoms with van der Waals surface area (Å²) in [6.07, 6.45) is 88.8. The van der Waals surface area contributed by atoms with Crippen LogP contribution in [0.2, 0.25) is 0 Å². The molecule has 0 amide bonds. The highest BCUT2D eigenvalue weighted by Crippen LogP contribution is 2.16. The van der Waals surface area contributed by atoms with Crippen LogP contribution in [0, 0.1) is 0 Å². The SMILES string of the molecule is CC/C=C\C/C=C\C/C=C\C/C=C\C/C=C\C/C=C\CCCCC(=O)OCC(COC(=O)CCCCCCCCCCCCCCCCCCCC)OC(=O)CCCCC/C=C\C/C=C\C/C=C\C/C=C\C/C=C\CC. The van der Waals surface area contributed by atoms with Crippen molar-refractivity contribution in [1.29, 1.82) is 0 Å². The Labute approximate surface area is 468 Å². The molecule has 6 heteroatoms. The first-order chi connectivity index (χ1) is 37.5. The minimum Gasteiger partial charge on any atom is -0.462 e. The van der Waals surface area contributed by atoms with E-state index in [1.807, 2.05) is 0 Å². The number of carbonyl (C=O) groups excluding carboxylic acids is 3. The van der Waals surface area contributed by atoms with Crippen molar-refractivity contribution in [2.45, 2.75) is 277 Å². The van der Waals surface area contributed by atoms with Gasteiger partial charge in [-0.1, -0.05) is 270 Å². The maximum absolute atomic E-state index is 12.9. The number of allylic oxidation sites excluding steroid dienone is 22. The number of rotatable bonds is 55. The third-order valence-corrected chi connectivity index (χ3v) is 12.9. The minimum atomic E-state index is -0.819. The molecule has 0 aliphatic carbocycles. The third kappa shape index (κ3) is 60.4. The van der Waals surface area contributed by atoms with Crippen LogP contribution in [-0.4, -0.2) is 37.2 Å². The minimum absolute atomic E-state index is 0.107. The van der Waals surface area contributed by atoms with Gasteiger partial charge < -0.3 is 14.2 Å². The van der Waals surface area contributed by atoms with E-state index in [0.717, 1.165) is 122 Å². The molecule has 0 saturated heterocycles. The quantitative estimate of drug-likeness (QED) is 0.0261. The average molecular weight is 1050 g/mol. The Morgan fingerprint density at radius 3 is 0.829 bits per heavy atom. The number of ether oxygens (including phenoxy) is 3. The molecule has 1 atom stereocenters. The average Bonchev–Trinajstić information content (AvgIpc) is 3.42. The molecule has 0 aliphatic heterocycles. The van der Waals surface area contributed by atoms with Gasteiger partial charge in [0.05, 0.1) is 0 Å². The van der Waals surface area contributed by atoms with Gasteiger partial charge in [0.1, 0.15) is 13.2 Å². The molecule has 0 saturated carbocycles. The molecule has 0 radical (unpaired) electrons. The van der Waals surface area contributed by atoms with Gasteiger partial charge in [-0.05, 0) is 116 Å². The van der Waals surface area contributed by atoms with Gasteiger partial charge in [-0.3, -0.25) is 14.4 Å². The Morgan fingerprint density at radius 2 is 0.513 bits per heavy atom. The molecule has 6 nitrogen and oxygen atoms in total. The molecule has 0 heterocycles. The zero-order valence-corrected chi connectivity index (χ0v) is 49.2. The molecule has 0 spiro atoms. The Hall–Kier alpha value is -4.45. The summed E-state index contributed by atoms with van der Waals surface area (Å²) < 4.78 is 16.9. The molecular weight excluding hydrogens is 937 g/mol. The van der Waals surface area contributed by atoms with Crippen LogP contribution in [0.4, 0.5) is 0 Å². The molecule has 76 heavy (non-hydrogen) atoms. The van der Waals surface area contributed by atoms with Crippen molar-refractivity contribution in [2.75, 3.05) is 13.2 Å². The highest BCUT2D eigenvalue weighted by molar-refractivity contribution is 5.71. The summed E-state index contributed by atoms with van der Waals surface area (Å²) in [6, 6.07) is 0. The molecule has 0 bridgehead atoms. The fourth-order valence-corrected chi connectivity index (χ4v) is 8.30.